The lowest BCUT2D eigenvalue weighted by molar-refractivity contribution is 0.232. The number of nitrogens with zero attached hydrogens (tertiary/aromatic N) is 3. The predicted octanol–water partition coefficient (Wildman–Crippen LogP) is 9.09. The quantitative estimate of drug-likeness (QED) is 0.121. The van der Waals surface area contributed by atoms with E-state index in [4.69, 9.17) is 29.2 Å². The number of phenols is 2. The fourth-order valence-corrected chi connectivity index (χ4v) is 5.05. The van der Waals surface area contributed by atoms with Gasteiger partial charge in [0.25, 0.3) is 0 Å². The lowest BCUT2D eigenvalue weighted by atomic mass is 10.0. The van der Waals surface area contributed by atoms with E-state index in [-0.39, 0.29) is 23.1 Å². The predicted molar refractivity (Wildman–Crippen MR) is 179 cm³/mol. The summed E-state index contributed by atoms with van der Waals surface area (Å²) in [5, 5.41) is 22.1. The van der Waals surface area contributed by atoms with Crippen LogP contribution in [0.15, 0.2) is 60.7 Å². The Morgan fingerprint density at radius 2 is 1.16 bits per heavy atom. The Bertz CT molecular complexity index is 1510. The Balaban J connectivity index is 1.65. The van der Waals surface area contributed by atoms with E-state index in [2.05, 4.69) is 27.7 Å². The topological polar surface area (TPSA) is 107 Å². The normalized spacial score (nSPS) is 12.5. The van der Waals surface area contributed by atoms with Gasteiger partial charge in [-0.3, -0.25) is 0 Å². The molecule has 8 heteroatoms. The van der Waals surface area contributed by atoms with E-state index in [1.54, 1.807) is 31.4 Å². The summed E-state index contributed by atoms with van der Waals surface area (Å²) in [5.41, 5.74) is 1.59. The second-order valence-electron chi connectivity index (χ2n) is 11.7. The van der Waals surface area contributed by atoms with Gasteiger partial charge in [0.1, 0.15) is 28.7 Å². The van der Waals surface area contributed by atoms with Gasteiger partial charge < -0.3 is 24.4 Å². The third-order valence-corrected chi connectivity index (χ3v) is 8.02. The van der Waals surface area contributed by atoms with Gasteiger partial charge in [-0.05, 0) is 73.2 Å². The summed E-state index contributed by atoms with van der Waals surface area (Å²) in [6.45, 7) is 9.89. The third kappa shape index (κ3) is 9.33. The molecule has 0 bridgehead atoms. The van der Waals surface area contributed by atoms with Crippen molar-refractivity contribution in [2.75, 3.05) is 20.3 Å². The fourth-order valence-electron chi connectivity index (χ4n) is 5.05. The van der Waals surface area contributed by atoms with Gasteiger partial charge in [0.2, 0.25) is 0 Å². The molecule has 0 spiro atoms. The second-order valence-corrected chi connectivity index (χ2v) is 11.7. The summed E-state index contributed by atoms with van der Waals surface area (Å²) in [6, 6.07) is 17.7. The number of rotatable bonds is 17. The molecule has 0 fully saturated rings. The lowest BCUT2D eigenvalue weighted by Crippen LogP contribution is -2.11. The highest BCUT2D eigenvalue weighted by Crippen LogP contribution is 2.36. The van der Waals surface area contributed by atoms with Crippen molar-refractivity contribution in [1.29, 1.82) is 0 Å². The largest absolute Gasteiger partial charge is 0.507 e. The van der Waals surface area contributed by atoms with Crippen molar-refractivity contribution in [3.63, 3.8) is 0 Å². The minimum absolute atomic E-state index is 0.00268. The van der Waals surface area contributed by atoms with E-state index in [0.29, 0.717) is 59.2 Å². The smallest absolute Gasteiger partial charge is 0.167 e. The number of hydrogen-bond donors (Lipinski definition) is 2. The summed E-state index contributed by atoms with van der Waals surface area (Å²) < 4.78 is 17.3. The Morgan fingerprint density at radius 1 is 0.644 bits per heavy atom. The van der Waals surface area contributed by atoms with Crippen LogP contribution in [0.25, 0.3) is 34.2 Å². The Labute approximate surface area is 267 Å². The molecule has 4 aromatic rings. The molecule has 0 aliphatic heterocycles. The monoisotopic (exact) mass is 613 g/mol. The summed E-state index contributed by atoms with van der Waals surface area (Å²) in [7, 11) is 1.61. The molecule has 1 heterocycles. The van der Waals surface area contributed by atoms with E-state index >= 15 is 0 Å². The SMILES string of the molecule is CCCCC(C)COc1ccc(-c2nc(-c3ccc(OC)cc3)nc(-c3ccc(OCC(CC)CCCC)cc3O)n2)c(O)c1. The van der Waals surface area contributed by atoms with Crippen molar-refractivity contribution in [2.45, 2.75) is 72.6 Å². The molecule has 0 radical (unpaired) electrons. The molecule has 4 rings (SSSR count). The number of benzene rings is 3. The number of ether oxygens (including phenoxy) is 3. The summed E-state index contributed by atoms with van der Waals surface area (Å²) in [6.07, 6.45) is 7.92. The maximum atomic E-state index is 11.1. The number of aromatic nitrogens is 3. The van der Waals surface area contributed by atoms with E-state index < -0.39 is 0 Å². The molecule has 0 amide bonds. The first kappa shape index (κ1) is 33.6. The maximum absolute atomic E-state index is 11.1. The molecule has 0 aliphatic rings. The molecule has 1 aromatic heterocycles. The lowest BCUT2D eigenvalue weighted by Gasteiger charge is -2.16. The number of hydrogen-bond acceptors (Lipinski definition) is 8. The number of aromatic hydroxyl groups is 2. The molecule has 2 atom stereocenters. The van der Waals surface area contributed by atoms with Crippen LogP contribution in [0.1, 0.15) is 72.6 Å². The first-order chi connectivity index (χ1) is 21.8. The second kappa shape index (κ2) is 16.7. The molecule has 45 heavy (non-hydrogen) atoms. The highest BCUT2D eigenvalue weighted by atomic mass is 16.5. The van der Waals surface area contributed by atoms with Crippen LogP contribution in [0.3, 0.4) is 0 Å². The minimum atomic E-state index is -0.00642. The molecule has 2 N–H and O–H groups in total. The van der Waals surface area contributed by atoms with Crippen LogP contribution in [0.4, 0.5) is 0 Å². The zero-order valence-electron chi connectivity index (χ0n) is 27.3. The maximum Gasteiger partial charge on any atom is 0.167 e. The van der Waals surface area contributed by atoms with Crippen molar-refractivity contribution < 1.29 is 24.4 Å². The molecule has 0 saturated carbocycles. The van der Waals surface area contributed by atoms with Crippen LogP contribution in [0, 0.1) is 11.8 Å². The van der Waals surface area contributed by atoms with E-state index in [0.717, 1.165) is 44.1 Å². The first-order valence-electron chi connectivity index (χ1n) is 16.2. The molecular weight excluding hydrogens is 566 g/mol. The zero-order chi connectivity index (χ0) is 32.2. The van der Waals surface area contributed by atoms with Crippen molar-refractivity contribution >= 4 is 0 Å². The van der Waals surface area contributed by atoms with Crippen molar-refractivity contribution in [3.8, 4) is 62.9 Å². The number of phenolic OH excluding ortho intramolecular Hbond substituents is 2. The average Bonchev–Trinajstić information content (AvgIpc) is 3.06. The molecule has 0 aliphatic carbocycles. The minimum Gasteiger partial charge on any atom is -0.507 e. The molecule has 240 valence electrons. The van der Waals surface area contributed by atoms with Crippen molar-refractivity contribution in [3.05, 3.63) is 60.7 Å². The van der Waals surface area contributed by atoms with Crippen LogP contribution < -0.4 is 14.2 Å². The third-order valence-electron chi connectivity index (χ3n) is 8.02. The van der Waals surface area contributed by atoms with Gasteiger partial charge in [0, 0.05) is 17.7 Å². The standard InChI is InChI=1S/C37H47N3O5/c1-6-9-11-25(4)23-44-29-17-19-31(33(41)21-29)36-38-35(27-13-15-28(43-5)16-14-27)39-37(40-36)32-20-18-30(22-34(32)42)45-24-26(8-3)12-10-7-2/h13-22,25-26,41-42H,6-12,23-24H2,1-5H3. The van der Waals surface area contributed by atoms with E-state index in [1.165, 1.54) is 6.42 Å². The van der Waals surface area contributed by atoms with Crippen LogP contribution in [-0.2, 0) is 0 Å². The highest BCUT2D eigenvalue weighted by Gasteiger charge is 2.18. The molecule has 3 aromatic carbocycles. The summed E-state index contributed by atoms with van der Waals surface area (Å²) in [4.78, 5) is 14.1. The van der Waals surface area contributed by atoms with Crippen molar-refractivity contribution in [2.24, 2.45) is 11.8 Å². The Hall–Kier alpha value is -4.33. The van der Waals surface area contributed by atoms with Crippen LogP contribution >= 0.6 is 0 Å². The molecule has 2 unspecified atom stereocenters. The Morgan fingerprint density at radius 3 is 1.67 bits per heavy atom. The van der Waals surface area contributed by atoms with Gasteiger partial charge in [-0.1, -0.05) is 59.8 Å². The molecular formula is C37H47N3O5. The van der Waals surface area contributed by atoms with Gasteiger partial charge in [-0.25, -0.2) is 15.0 Å². The Kier molecular flexibility index (Phi) is 12.4. The van der Waals surface area contributed by atoms with Crippen LogP contribution in [0.2, 0.25) is 0 Å². The molecule has 0 saturated heterocycles. The van der Waals surface area contributed by atoms with Gasteiger partial charge in [0.05, 0.1) is 31.5 Å². The number of methoxy groups -OCH3 is 1. The van der Waals surface area contributed by atoms with Gasteiger partial charge in [-0.15, -0.1) is 0 Å². The van der Waals surface area contributed by atoms with Crippen LogP contribution in [0.5, 0.6) is 28.7 Å². The summed E-state index contributed by atoms with van der Waals surface area (Å²) >= 11 is 0. The highest BCUT2D eigenvalue weighted by molar-refractivity contribution is 5.72. The van der Waals surface area contributed by atoms with Gasteiger partial charge in [0.15, 0.2) is 17.5 Å². The van der Waals surface area contributed by atoms with E-state index in [9.17, 15) is 10.2 Å². The van der Waals surface area contributed by atoms with E-state index in [1.807, 2.05) is 36.4 Å². The van der Waals surface area contributed by atoms with Gasteiger partial charge in [-0.2, -0.15) is 0 Å². The van der Waals surface area contributed by atoms with Crippen LogP contribution in [-0.4, -0.2) is 45.5 Å². The van der Waals surface area contributed by atoms with Crippen molar-refractivity contribution in [1.82, 2.24) is 15.0 Å². The fraction of sp³-hybridized carbons (Fsp3) is 0.432. The average molecular weight is 614 g/mol. The summed E-state index contributed by atoms with van der Waals surface area (Å²) in [5.74, 6) is 3.70. The zero-order valence-corrected chi connectivity index (χ0v) is 27.3. The number of unbranched alkanes of at least 4 members (excludes halogenated alkanes) is 2. The first-order valence-corrected chi connectivity index (χ1v) is 16.2. The van der Waals surface area contributed by atoms with Gasteiger partial charge >= 0.3 is 0 Å². The molecule has 8 nitrogen and oxygen atoms in total.